The predicted octanol–water partition coefficient (Wildman–Crippen LogP) is 0.881. The first-order valence-corrected chi connectivity index (χ1v) is 5.95. The van der Waals surface area contributed by atoms with Gasteiger partial charge >= 0.3 is 0 Å². The van der Waals surface area contributed by atoms with Gasteiger partial charge in [0, 0.05) is 6.54 Å². The van der Waals surface area contributed by atoms with E-state index in [9.17, 15) is 5.11 Å². The summed E-state index contributed by atoms with van der Waals surface area (Å²) < 4.78 is 0. The number of likely N-dealkylation sites (tertiary alicyclic amines) is 1. The smallest absolute Gasteiger partial charge is 0.0971 e. The summed E-state index contributed by atoms with van der Waals surface area (Å²) in [5, 5.41) is 15.2. The molecule has 2 aliphatic heterocycles. The molecule has 2 saturated heterocycles. The summed E-state index contributed by atoms with van der Waals surface area (Å²) in [5.41, 5.74) is 0. The van der Waals surface area contributed by atoms with Crippen LogP contribution < -0.4 is 5.32 Å². The molecule has 0 aromatic rings. The van der Waals surface area contributed by atoms with Crippen LogP contribution in [0, 0.1) is 5.92 Å². The highest BCUT2D eigenvalue weighted by Gasteiger charge is 2.24. The lowest BCUT2D eigenvalue weighted by atomic mass is 9.90. The van der Waals surface area contributed by atoms with Crippen LogP contribution in [0.2, 0.25) is 0 Å². The third kappa shape index (κ3) is 2.69. The quantitative estimate of drug-likeness (QED) is 0.726. The Kier molecular flexibility index (Phi) is 3.79. The van der Waals surface area contributed by atoms with E-state index in [4.69, 9.17) is 0 Å². The molecule has 0 saturated carbocycles. The minimum atomic E-state index is -0.308. The van der Waals surface area contributed by atoms with Gasteiger partial charge in [0.2, 0.25) is 0 Å². The number of rotatable bonds is 4. The molecule has 2 heterocycles. The standard InChI is InChI=1S/C11H21N2O/c14-11(4-9-13-7-1-8-13)10-2-5-12-6-3-10/h10-12H,1-9H2. The van der Waals surface area contributed by atoms with Crippen molar-refractivity contribution in [1.82, 2.24) is 10.2 Å². The summed E-state index contributed by atoms with van der Waals surface area (Å²) >= 11 is 0. The van der Waals surface area contributed by atoms with Gasteiger partial charge in [-0.15, -0.1) is 0 Å². The molecule has 0 aromatic carbocycles. The maximum absolute atomic E-state index is 11.9. The van der Waals surface area contributed by atoms with E-state index in [-0.39, 0.29) is 6.10 Å². The van der Waals surface area contributed by atoms with Crippen molar-refractivity contribution in [3.63, 3.8) is 0 Å². The van der Waals surface area contributed by atoms with Crippen LogP contribution in [-0.4, -0.2) is 43.7 Å². The van der Waals surface area contributed by atoms with Crippen LogP contribution in [0.15, 0.2) is 0 Å². The van der Waals surface area contributed by atoms with Crippen molar-refractivity contribution in [2.45, 2.75) is 31.8 Å². The second kappa shape index (κ2) is 5.10. The Labute approximate surface area is 86.5 Å². The van der Waals surface area contributed by atoms with Crippen molar-refractivity contribution in [1.29, 1.82) is 0 Å². The number of hydrogen-bond acceptors (Lipinski definition) is 2. The second-order valence-corrected chi connectivity index (χ2v) is 4.61. The highest BCUT2D eigenvalue weighted by atomic mass is 16.3. The SMILES string of the molecule is [O]C(CCN1CCC1)C1CCNCC1. The van der Waals surface area contributed by atoms with Gasteiger partial charge in [-0.05, 0) is 57.8 Å². The molecule has 14 heavy (non-hydrogen) atoms. The van der Waals surface area contributed by atoms with Gasteiger partial charge in [-0.25, -0.2) is 5.11 Å². The van der Waals surface area contributed by atoms with Crippen LogP contribution in [0.4, 0.5) is 0 Å². The third-order valence-corrected chi connectivity index (χ3v) is 3.59. The molecule has 0 amide bonds. The predicted molar refractivity (Wildman–Crippen MR) is 55.7 cm³/mol. The molecule has 0 spiro atoms. The van der Waals surface area contributed by atoms with Crippen molar-refractivity contribution >= 4 is 0 Å². The van der Waals surface area contributed by atoms with Crippen LogP contribution in [0.5, 0.6) is 0 Å². The van der Waals surface area contributed by atoms with Gasteiger partial charge in [0.15, 0.2) is 0 Å². The third-order valence-electron chi connectivity index (χ3n) is 3.59. The number of piperidine rings is 1. The number of nitrogens with one attached hydrogen (secondary N) is 1. The minimum Gasteiger partial charge on any atom is -0.317 e. The molecule has 1 N–H and O–H groups in total. The van der Waals surface area contributed by atoms with Gasteiger partial charge in [0.25, 0.3) is 0 Å². The minimum absolute atomic E-state index is 0.308. The molecule has 1 atom stereocenters. The van der Waals surface area contributed by atoms with E-state index < -0.39 is 0 Å². The van der Waals surface area contributed by atoms with E-state index in [2.05, 4.69) is 10.2 Å². The van der Waals surface area contributed by atoms with Crippen molar-refractivity contribution in [2.24, 2.45) is 5.92 Å². The van der Waals surface area contributed by atoms with Gasteiger partial charge in [-0.2, -0.15) is 0 Å². The molecule has 0 aliphatic carbocycles. The van der Waals surface area contributed by atoms with Crippen LogP contribution in [-0.2, 0) is 5.11 Å². The van der Waals surface area contributed by atoms with E-state index in [0.29, 0.717) is 5.92 Å². The van der Waals surface area contributed by atoms with Gasteiger partial charge < -0.3 is 10.2 Å². The first-order chi connectivity index (χ1) is 6.86. The zero-order chi connectivity index (χ0) is 9.80. The lowest BCUT2D eigenvalue weighted by molar-refractivity contribution is 0.00608. The first kappa shape index (κ1) is 10.4. The van der Waals surface area contributed by atoms with Gasteiger partial charge in [0.05, 0.1) is 6.10 Å². The molecule has 3 heteroatoms. The highest BCUT2D eigenvalue weighted by Crippen LogP contribution is 2.20. The Morgan fingerprint density at radius 3 is 2.57 bits per heavy atom. The monoisotopic (exact) mass is 197 g/mol. The average Bonchev–Trinajstić information content (AvgIpc) is 2.16. The van der Waals surface area contributed by atoms with Crippen LogP contribution >= 0.6 is 0 Å². The molecule has 81 valence electrons. The molecule has 0 aromatic heterocycles. The molecule has 3 nitrogen and oxygen atoms in total. The Bertz CT molecular complexity index is 165. The van der Waals surface area contributed by atoms with Gasteiger partial charge in [-0.1, -0.05) is 0 Å². The van der Waals surface area contributed by atoms with E-state index in [1.165, 1.54) is 19.5 Å². The second-order valence-electron chi connectivity index (χ2n) is 4.61. The van der Waals surface area contributed by atoms with E-state index >= 15 is 0 Å². The summed E-state index contributed by atoms with van der Waals surface area (Å²) in [5.74, 6) is 0.442. The Morgan fingerprint density at radius 1 is 1.29 bits per heavy atom. The van der Waals surface area contributed by atoms with Gasteiger partial charge in [-0.3, -0.25) is 0 Å². The zero-order valence-corrected chi connectivity index (χ0v) is 8.87. The normalized spacial score (nSPS) is 27.2. The lowest BCUT2D eigenvalue weighted by Gasteiger charge is -2.32. The number of nitrogens with zero attached hydrogens (tertiary/aromatic N) is 1. The molecular formula is C11H21N2O. The maximum atomic E-state index is 11.9. The number of hydrogen-bond donors (Lipinski definition) is 1. The topological polar surface area (TPSA) is 35.2 Å². The maximum Gasteiger partial charge on any atom is 0.0971 e. The Balaban J connectivity index is 1.62. The zero-order valence-electron chi connectivity index (χ0n) is 8.87. The average molecular weight is 197 g/mol. The summed E-state index contributed by atoms with van der Waals surface area (Å²) in [6.07, 6.45) is 4.07. The fourth-order valence-corrected chi connectivity index (χ4v) is 2.37. The van der Waals surface area contributed by atoms with Crippen molar-refractivity contribution in [3.8, 4) is 0 Å². The van der Waals surface area contributed by atoms with Crippen molar-refractivity contribution in [2.75, 3.05) is 32.7 Å². The fourth-order valence-electron chi connectivity index (χ4n) is 2.37. The molecule has 1 unspecified atom stereocenters. The van der Waals surface area contributed by atoms with E-state index in [0.717, 1.165) is 38.9 Å². The molecule has 2 aliphatic rings. The van der Waals surface area contributed by atoms with Crippen LogP contribution in [0.1, 0.15) is 25.7 Å². The molecular weight excluding hydrogens is 176 g/mol. The molecule has 1 radical (unpaired) electrons. The van der Waals surface area contributed by atoms with Crippen molar-refractivity contribution < 1.29 is 5.11 Å². The molecule has 2 rings (SSSR count). The summed E-state index contributed by atoms with van der Waals surface area (Å²) in [7, 11) is 0. The van der Waals surface area contributed by atoms with Gasteiger partial charge in [0.1, 0.15) is 0 Å². The Morgan fingerprint density at radius 2 is 2.00 bits per heavy atom. The first-order valence-electron chi connectivity index (χ1n) is 5.95. The van der Waals surface area contributed by atoms with E-state index in [1.54, 1.807) is 0 Å². The van der Waals surface area contributed by atoms with Crippen LogP contribution in [0.25, 0.3) is 0 Å². The summed E-state index contributed by atoms with van der Waals surface area (Å²) in [4.78, 5) is 2.39. The van der Waals surface area contributed by atoms with E-state index in [1.807, 2.05) is 0 Å². The Hall–Kier alpha value is -0.120. The highest BCUT2D eigenvalue weighted by molar-refractivity contribution is 4.77. The largest absolute Gasteiger partial charge is 0.317 e. The molecule has 2 fully saturated rings. The van der Waals surface area contributed by atoms with Crippen molar-refractivity contribution in [3.05, 3.63) is 0 Å². The lowest BCUT2D eigenvalue weighted by Crippen LogP contribution is -2.40. The fraction of sp³-hybridized carbons (Fsp3) is 1.00. The molecule has 0 bridgehead atoms. The summed E-state index contributed by atoms with van der Waals surface area (Å²) in [6.45, 7) is 5.58. The summed E-state index contributed by atoms with van der Waals surface area (Å²) in [6, 6.07) is 0. The van der Waals surface area contributed by atoms with Crippen LogP contribution in [0.3, 0.4) is 0 Å².